The molecule has 24 heavy (non-hydrogen) atoms. The molecule has 0 unspecified atom stereocenters. The van der Waals surface area contributed by atoms with Crippen molar-refractivity contribution in [2.75, 3.05) is 11.9 Å². The number of halogens is 1. The molecule has 5 heteroatoms. The lowest BCUT2D eigenvalue weighted by Gasteiger charge is -2.18. The molecule has 0 aliphatic carbocycles. The number of nitrogens with one attached hydrogen (secondary N) is 2. The van der Waals surface area contributed by atoms with Gasteiger partial charge in [-0.25, -0.2) is 0 Å². The lowest BCUT2D eigenvalue weighted by molar-refractivity contribution is 0.287. The summed E-state index contributed by atoms with van der Waals surface area (Å²) in [6.07, 6.45) is 0. The number of thiocarbonyl (C=S) groups is 1. The minimum atomic E-state index is 0.0764. The normalized spacial score (nSPS) is 11.7. The average Bonchev–Trinajstić information content (AvgIpc) is 2.52. The fourth-order valence-corrected chi connectivity index (χ4v) is 2.63. The van der Waals surface area contributed by atoms with Crippen molar-refractivity contribution in [3.05, 3.63) is 58.1 Å². The summed E-state index contributed by atoms with van der Waals surface area (Å²) in [5.41, 5.74) is 4.39. The fraction of sp³-hybridized carbons (Fsp3) is 0.316. The van der Waals surface area contributed by atoms with Crippen LogP contribution in [0.4, 0.5) is 5.69 Å². The minimum Gasteiger partial charge on any atom is -0.491 e. The molecule has 0 spiro atoms. The van der Waals surface area contributed by atoms with Gasteiger partial charge in [-0.1, -0.05) is 23.7 Å². The molecule has 0 heterocycles. The van der Waals surface area contributed by atoms with E-state index in [0.717, 1.165) is 17.0 Å². The van der Waals surface area contributed by atoms with Crippen molar-refractivity contribution >= 4 is 34.6 Å². The highest BCUT2D eigenvalue weighted by Gasteiger charge is 2.07. The largest absolute Gasteiger partial charge is 0.491 e. The standard InChI is InChI=1S/C19H23ClN2OS/c1-12-6-8-17(9-14(12)3)23-11-15(4)21-19(24)22-16-7-5-13(2)18(20)10-16/h5-10,15H,11H2,1-4H3,(H2,21,22,24)/t15-/m0/s1. The Kier molecular flexibility index (Phi) is 6.46. The molecule has 2 aromatic carbocycles. The van der Waals surface area contributed by atoms with Gasteiger partial charge in [0.05, 0.1) is 6.04 Å². The van der Waals surface area contributed by atoms with Gasteiger partial charge in [0.2, 0.25) is 0 Å². The summed E-state index contributed by atoms with van der Waals surface area (Å²) >= 11 is 11.5. The van der Waals surface area contributed by atoms with Gasteiger partial charge in [0.1, 0.15) is 12.4 Å². The van der Waals surface area contributed by atoms with Gasteiger partial charge < -0.3 is 15.4 Å². The van der Waals surface area contributed by atoms with Crippen molar-refractivity contribution in [3.63, 3.8) is 0 Å². The Hall–Kier alpha value is -1.78. The quantitative estimate of drug-likeness (QED) is 0.732. The Morgan fingerprint density at radius 1 is 1.08 bits per heavy atom. The second-order valence-corrected chi connectivity index (χ2v) is 6.84. The molecule has 0 aliphatic heterocycles. The zero-order valence-electron chi connectivity index (χ0n) is 14.4. The molecule has 0 saturated carbocycles. The first kappa shape index (κ1) is 18.6. The maximum atomic E-state index is 6.12. The molecular weight excluding hydrogens is 340 g/mol. The van der Waals surface area contributed by atoms with Crippen LogP contribution in [0.3, 0.4) is 0 Å². The van der Waals surface area contributed by atoms with Crippen molar-refractivity contribution in [2.24, 2.45) is 0 Å². The third-order valence-corrected chi connectivity index (χ3v) is 4.41. The first-order valence-corrected chi connectivity index (χ1v) is 8.67. The van der Waals surface area contributed by atoms with E-state index >= 15 is 0 Å². The Labute approximate surface area is 154 Å². The molecule has 0 amide bonds. The van der Waals surface area contributed by atoms with E-state index in [-0.39, 0.29) is 6.04 Å². The van der Waals surface area contributed by atoms with Gasteiger partial charge in [0.25, 0.3) is 0 Å². The number of hydrogen-bond donors (Lipinski definition) is 2. The van der Waals surface area contributed by atoms with Gasteiger partial charge >= 0.3 is 0 Å². The molecule has 128 valence electrons. The zero-order valence-corrected chi connectivity index (χ0v) is 16.0. The predicted octanol–water partition coefficient (Wildman–Crippen LogP) is 5.02. The van der Waals surface area contributed by atoms with Crippen LogP contribution in [-0.4, -0.2) is 17.8 Å². The number of rotatable bonds is 5. The molecule has 2 aromatic rings. The van der Waals surface area contributed by atoms with E-state index in [1.54, 1.807) is 0 Å². The zero-order chi connectivity index (χ0) is 17.7. The molecule has 0 aliphatic rings. The van der Waals surface area contributed by atoms with Gasteiger partial charge in [0, 0.05) is 10.7 Å². The molecule has 1 atom stereocenters. The van der Waals surface area contributed by atoms with Crippen LogP contribution in [0.1, 0.15) is 23.6 Å². The summed E-state index contributed by atoms with van der Waals surface area (Å²) in [6.45, 7) is 8.69. The number of benzene rings is 2. The smallest absolute Gasteiger partial charge is 0.171 e. The van der Waals surface area contributed by atoms with Crippen LogP contribution in [0.5, 0.6) is 5.75 Å². The average molecular weight is 363 g/mol. The lowest BCUT2D eigenvalue weighted by Crippen LogP contribution is -2.39. The van der Waals surface area contributed by atoms with Crippen molar-refractivity contribution < 1.29 is 4.74 Å². The highest BCUT2D eigenvalue weighted by atomic mass is 35.5. The van der Waals surface area contributed by atoms with E-state index in [1.165, 1.54) is 11.1 Å². The van der Waals surface area contributed by atoms with Crippen molar-refractivity contribution in [1.82, 2.24) is 5.32 Å². The van der Waals surface area contributed by atoms with E-state index in [1.807, 2.05) is 44.2 Å². The Bertz CT molecular complexity index is 733. The number of ether oxygens (including phenoxy) is 1. The molecule has 0 aromatic heterocycles. The second kappa shape index (κ2) is 8.36. The first-order chi connectivity index (χ1) is 11.3. The number of hydrogen-bond acceptors (Lipinski definition) is 2. The van der Waals surface area contributed by atoms with Gasteiger partial charge in [-0.15, -0.1) is 0 Å². The van der Waals surface area contributed by atoms with Crippen LogP contribution in [-0.2, 0) is 0 Å². The third kappa shape index (κ3) is 5.39. The highest BCUT2D eigenvalue weighted by molar-refractivity contribution is 7.80. The molecule has 0 radical (unpaired) electrons. The SMILES string of the molecule is Cc1ccc(OC[C@H](C)NC(=S)Nc2ccc(C)c(Cl)c2)cc1C. The summed E-state index contributed by atoms with van der Waals surface area (Å²) in [5.74, 6) is 0.871. The van der Waals surface area contributed by atoms with Crippen molar-refractivity contribution in [3.8, 4) is 5.75 Å². The van der Waals surface area contributed by atoms with E-state index in [4.69, 9.17) is 28.6 Å². The summed E-state index contributed by atoms with van der Waals surface area (Å²) in [4.78, 5) is 0. The van der Waals surface area contributed by atoms with Gasteiger partial charge in [-0.3, -0.25) is 0 Å². The van der Waals surface area contributed by atoms with E-state index in [2.05, 4.69) is 30.5 Å². The Balaban J connectivity index is 1.82. The predicted molar refractivity (Wildman–Crippen MR) is 106 cm³/mol. The molecule has 0 bridgehead atoms. The minimum absolute atomic E-state index is 0.0764. The number of anilines is 1. The Morgan fingerprint density at radius 3 is 2.46 bits per heavy atom. The van der Waals surface area contributed by atoms with Crippen molar-refractivity contribution in [2.45, 2.75) is 33.7 Å². The molecule has 3 nitrogen and oxygen atoms in total. The van der Waals surface area contributed by atoms with Crippen LogP contribution < -0.4 is 15.4 Å². The lowest BCUT2D eigenvalue weighted by atomic mass is 10.1. The highest BCUT2D eigenvalue weighted by Crippen LogP contribution is 2.20. The van der Waals surface area contributed by atoms with E-state index in [9.17, 15) is 0 Å². The topological polar surface area (TPSA) is 33.3 Å². The van der Waals surface area contributed by atoms with Crippen LogP contribution in [0, 0.1) is 20.8 Å². The van der Waals surface area contributed by atoms with Crippen molar-refractivity contribution in [1.29, 1.82) is 0 Å². The maximum Gasteiger partial charge on any atom is 0.171 e. The van der Waals surface area contributed by atoms with Crippen LogP contribution in [0.25, 0.3) is 0 Å². The van der Waals surface area contributed by atoms with E-state index < -0.39 is 0 Å². The first-order valence-electron chi connectivity index (χ1n) is 7.89. The van der Waals surface area contributed by atoms with Gasteiger partial charge in [-0.05, 0) is 80.9 Å². The fourth-order valence-electron chi connectivity index (χ4n) is 2.13. The maximum absolute atomic E-state index is 6.12. The summed E-state index contributed by atoms with van der Waals surface area (Å²) < 4.78 is 5.82. The Morgan fingerprint density at radius 2 is 1.79 bits per heavy atom. The summed E-state index contributed by atoms with van der Waals surface area (Å²) in [6, 6.07) is 11.9. The molecule has 0 saturated heterocycles. The molecule has 0 fully saturated rings. The van der Waals surface area contributed by atoms with Crippen LogP contribution in [0.2, 0.25) is 5.02 Å². The van der Waals surface area contributed by atoms with Crippen LogP contribution in [0.15, 0.2) is 36.4 Å². The summed E-state index contributed by atoms with van der Waals surface area (Å²) in [5, 5.41) is 7.61. The monoisotopic (exact) mass is 362 g/mol. The van der Waals surface area contributed by atoms with E-state index in [0.29, 0.717) is 16.7 Å². The molecular formula is C19H23ClN2OS. The molecule has 2 N–H and O–H groups in total. The molecule has 2 rings (SSSR count). The second-order valence-electron chi connectivity index (χ2n) is 6.02. The number of aryl methyl sites for hydroxylation is 3. The third-order valence-electron chi connectivity index (χ3n) is 3.79. The van der Waals surface area contributed by atoms with Gasteiger partial charge in [-0.2, -0.15) is 0 Å². The van der Waals surface area contributed by atoms with Crippen LogP contribution >= 0.6 is 23.8 Å². The summed E-state index contributed by atoms with van der Waals surface area (Å²) in [7, 11) is 0. The van der Waals surface area contributed by atoms with Gasteiger partial charge in [0.15, 0.2) is 5.11 Å².